The second-order valence-corrected chi connectivity index (χ2v) is 5.74. The van der Waals surface area contributed by atoms with E-state index in [1.807, 2.05) is 19.1 Å². The first-order chi connectivity index (χ1) is 11.6. The second-order valence-electron chi connectivity index (χ2n) is 5.74. The fourth-order valence-corrected chi connectivity index (χ4v) is 2.70. The third kappa shape index (κ3) is 4.12. The normalized spacial score (nSPS) is 11.8. The summed E-state index contributed by atoms with van der Waals surface area (Å²) in [4.78, 5) is 0. The van der Waals surface area contributed by atoms with Gasteiger partial charge in [-0.15, -0.1) is 0 Å². The molecule has 0 aliphatic rings. The van der Waals surface area contributed by atoms with Gasteiger partial charge in [0.1, 0.15) is 5.82 Å². The van der Waals surface area contributed by atoms with E-state index in [0.717, 1.165) is 28.8 Å². The van der Waals surface area contributed by atoms with Crippen molar-refractivity contribution >= 4 is 11.3 Å². The zero-order valence-electron chi connectivity index (χ0n) is 14.4. The molecule has 0 saturated carbocycles. The molecule has 2 aromatic rings. The molecule has 0 spiro atoms. The van der Waals surface area contributed by atoms with Gasteiger partial charge in [-0.05, 0) is 66.4 Å². The van der Waals surface area contributed by atoms with Gasteiger partial charge in [0.15, 0.2) is 0 Å². The highest BCUT2D eigenvalue weighted by Gasteiger charge is 2.10. The van der Waals surface area contributed by atoms with Crippen LogP contribution in [0.25, 0.3) is 11.3 Å². The molecule has 0 aliphatic heterocycles. The molecule has 0 radical (unpaired) electrons. The molecular formula is C21H25FN2. The molecule has 126 valence electrons. The molecule has 0 fully saturated rings. The smallest absolute Gasteiger partial charge is 0.127 e. The number of hydrogen-bond donors (Lipinski definition) is 2. The molecule has 2 aromatic carbocycles. The number of allylic oxidation sites excluding steroid dienone is 1. The first-order valence-electron chi connectivity index (χ1n) is 8.27. The average Bonchev–Trinajstić information content (AvgIpc) is 2.61. The molecule has 0 heterocycles. The molecule has 0 saturated heterocycles. The first-order valence-corrected chi connectivity index (χ1v) is 8.27. The van der Waals surface area contributed by atoms with E-state index in [2.05, 4.69) is 43.1 Å². The SMILES string of the molecule is C=CN/C(=C(\C)c1ccc(CCN)c(F)c1)c1ccc(CC)cc1. The highest BCUT2D eigenvalue weighted by Crippen LogP contribution is 2.26. The zero-order valence-corrected chi connectivity index (χ0v) is 14.4. The van der Waals surface area contributed by atoms with Gasteiger partial charge < -0.3 is 11.1 Å². The van der Waals surface area contributed by atoms with Crippen molar-refractivity contribution < 1.29 is 4.39 Å². The molecule has 3 N–H and O–H groups in total. The minimum absolute atomic E-state index is 0.211. The zero-order chi connectivity index (χ0) is 17.5. The lowest BCUT2D eigenvalue weighted by molar-refractivity contribution is 0.609. The summed E-state index contributed by atoms with van der Waals surface area (Å²) in [5.41, 5.74) is 11.2. The maximum atomic E-state index is 14.2. The standard InChI is InChI=1S/C21H25FN2/c1-4-16-6-8-18(9-7-16)21(24-5-2)15(3)19-11-10-17(12-13-23)20(22)14-19/h5-11,14,24H,2,4,12-13,23H2,1,3H3/b21-15+. The van der Waals surface area contributed by atoms with Crippen LogP contribution < -0.4 is 11.1 Å². The van der Waals surface area contributed by atoms with Gasteiger partial charge in [-0.1, -0.05) is 49.9 Å². The van der Waals surface area contributed by atoms with Gasteiger partial charge in [0.2, 0.25) is 0 Å². The maximum Gasteiger partial charge on any atom is 0.127 e. The number of nitrogens with one attached hydrogen (secondary N) is 1. The molecular weight excluding hydrogens is 299 g/mol. The maximum absolute atomic E-state index is 14.2. The van der Waals surface area contributed by atoms with Crippen molar-refractivity contribution in [2.24, 2.45) is 5.73 Å². The summed E-state index contributed by atoms with van der Waals surface area (Å²) in [7, 11) is 0. The summed E-state index contributed by atoms with van der Waals surface area (Å²) in [5, 5.41) is 3.19. The monoisotopic (exact) mass is 324 g/mol. The van der Waals surface area contributed by atoms with E-state index in [4.69, 9.17) is 5.73 Å². The number of nitrogens with two attached hydrogens (primary N) is 1. The van der Waals surface area contributed by atoms with E-state index in [1.54, 1.807) is 12.3 Å². The van der Waals surface area contributed by atoms with Crippen molar-refractivity contribution in [2.75, 3.05) is 6.54 Å². The Bertz CT molecular complexity index is 730. The van der Waals surface area contributed by atoms with E-state index < -0.39 is 0 Å². The summed E-state index contributed by atoms with van der Waals surface area (Å²) < 4.78 is 14.2. The summed E-state index contributed by atoms with van der Waals surface area (Å²) in [6, 6.07) is 13.7. The number of rotatable bonds is 7. The van der Waals surface area contributed by atoms with Crippen LogP contribution in [0.2, 0.25) is 0 Å². The number of benzene rings is 2. The van der Waals surface area contributed by atoms with Gasteiger partial charge in [0.05, 0.1) is 0 Å². The lowest BCUT2D eigenvalue weighted by Gasteiger charge is -2.14. The predicted octanol–water partition coefficient (Wildman–Crippen LogP) is 4.51. The third-order valence-electron chi connectivity index (χ3n) is 4.17. The highest BCUT2D eigenvalue weighted by atomic mass is 19.1. The Morgan fingerprint density at radius 2 is 1.83 bits per heavy atom. The van der Waals surface area contributed by atoms with Crippen LogP contribution in [0, 0.1) is 5.82 Å². The Balaban J connectivity index is 2.45. The van der Waals surface area contributed by atoms with Crippen LogP contribution >= 0.6 is 0 Å². The van der Waals surface area contributed by atoms with Crippen molar-refractivity contribution in [1.29, 1.82) is 0 Å². The Kier molecular flexibility index (Phi) is 6.33. The molecule has 0 unspecified atom stereocenters. The van der Waals surface area contributed by atoms with Crippen molar-refractivity contribution in [1.82, 2.24) is 5.32 Å². The quantitative estimate of drug-likeness (QED) is 0.735. The highest BCUT2D eigenvalue weighted by molar-refractivity contribution is 5.89. The average molecular weight is 324 g/mol. The van der Waals surface area contributed by atoms with Gasteiger partial charge in [-0.2, -0.15) is 0 Å². The van der Waals surface area contributed by atoms with E-state index >= 15 is 0 Å². The summed E-state index contributed by atoms with van der Waals surface area (Å²) in [6.07, 6.45) is 3.19. The van der Waals surface area contributed by atoms with Gasteiger partial charge >= 0.3 is 0 Å². The van der Waals surface area contributed by atoms with Gasteiger partial charge in [-0.25, -0.2) is 4.39 Å². The number of halogens is 1. The summed E-state index contributed by atoms with van der Waals surface area (Å²) >= 11 is 0. The van der Waals surface area contributed by atoms with Crippen molar-refractivity contribution in [2.45, 2.75) is 26.7 Å². The Hall–Kier alpha value is -2.39. The number of aryl methyl sites for hydroxylation is 1. The fourth-order valence-electron chi connectivity index (χ4n) is 2.70. The van der Waals surface area contributed by atoms with Crippen LogP contribution in [0.4, 0.5) is 4.39 Å². The van der Waals surface area contributed by atoms with E-state index in [0.29, 0.717) is 18.5 Å². The molecule has 0 amide bonds. The molecule has 24 heavy (non-hydrogen) atoms. The van der Waals surface area contributed by atoms with Crippen LogP contribution in [-0.2, 0) is 12.8 Å². The minimum atomic E-state index is -0.211. The molecule has 0 aliphatic carbocycles. The first kappa shape index (κ1) is 18.0. The molecule has 2 nitrogen and oxygen atoms in total. The lowest BCUT2D eigenvalue weighted by atomic mass is 9.98. The van der Waals surface area contributed by atoms with Crippen molar-refractivity contribution in [3.63, 3.8) is 0 Å². The van der Waals surface area contributed by atoms with Crippen LogP contribution in [0.15, 0.2) is 55.2 Å². The topological polar surface area (TPSA) is 38.0 Å². The van der Waals surface area contributed by atoms with Crippen molar-refractivity contribution in [3.8, 4) is 0 Å². The van der Waals surface area contributed by atoms with E-state index in [9.17, 15) is 4.39 Å². The molecule has 3 heteroatoms. The number of hydrogen-bond acceptors (Lipinski definition) is 2. The third-order valence-corrected chi connectivity index (χ3v) is 4.17. The Morgan fingerprint density at radius 3 is 2.38 bits per heavy atom. The van der Waals surface area contributed by atoms with Gasteiger partial charge in [0.25, 0.3) is 0 Å². The van der Waals surface area contributed by atoms with Crippen LogP contribution in [-0.4, -0.2) is 6.54 Å². The van der Waals surface area contributed by atoms with Crippen LogP contribution in [0.5, 0.6) is 0 Å². The molecule has 0 bridgehead atoms. The lowest BCUT2D eigenvalue weighted by Crippen LogP contribution is -2.07. The largest absolute Gasteiger partial charge is 0.362 e. The second kappa shape index (κ2) is 8.46. The van der Waals surface area contributed by atoms with Gasteiger partial charge in [-0.3, -0.25) is 0 Å². The summed E-state index contributed by atoms with van der Waals surface area (Å²) in [5.74, 6) is -0.211. The molecule has 2 rings (SSSR count). The van der Waals surface area contributed by atoms with Gasteiger partial charge in [0, 0.05) is 5.70 Å². The molecule has 0 atom stereocenters. The summed E-state index contributed by atoms with van der Waals surface area (Å²) in [6.45, 7) is 8.31. The molecule has 0 aromatic heterocycles. The van der Waals surface area contributed by atoms with E-state index in [-0.39, 0.29) is 5.82 Å². The Labute approximate surface area is 143 Å². The van der Waals surface area contributed by atoms with Crippen LogP contribution in [0.1, 0.15) is 36.1 Å². The van der Waals surface area contributed by atoms with Crippen molar-refractivity contribution in [3.05, 3.63) is 83.3 Å². The van der Waals surface area contributed by atoms with Crippen LogP contribution in [0.3, 0.4) is 0 Å². The fraction of sp³-hybridized carbons (Fsp3) is 0.238. The van der Waals surface area contributed by atoms with E-state index in [1.165, 1.54) is 5.56 Å². The minimum Gasteiger partial charge on any atom is -0.362 e. The Morgan fingerprint density at radius 1 is 1.17 bits per heavy atom. The predicted molar refractivity (Wildman–Crippen MR) is 101 cm³/mol.